The molecular weight excluding hydrogens is 466 g/mol. The molecule has 0 saturated carbocycles. The van der Waals surface area contributed by atoms with Gasteiger partial charge in [0.15, 0.2) is 5.16 Å². The molecule has 1 aromatic carbocycles. The first-order valence-electron chi connectivity index (χ1n) is 10.1. The predicted octanol–water partition coefficient (Wildman–Crippen LogP) is 3.73. The van der Waals surface area contributed by atoms with E-state index in [-0.39, 0.29) is 10.5 Å². The molecule has 0 saturated heterocycles. The SMILES string of the molecule is C=CCn1c(SCc2nc3cc(S(N)(=O)=O)ccc3n2CCCC)nc2sccc2c1=O. The Kier molecular flexibility index (Phi) is 6.52. The van der Waals surface area contributed by atoms with Crippen LogP contribution in [0.5, 0.6) is 0 Å². The van der Waals surface area contributed by atoms with Gasteiger partial charge in [-0.25, -0.2) is 23.5 Å². The summed E-state index contributed by atoms with van der Waals surface area (Å²) in [6.45, 7) is 6.99. The molecule has 168 valence electrons. The molecule has 32 heavy (non-hydrogen) atoms. The third-order valence-corrected chi connectivity index (χ3v) is 7.74. The van der Waals surface area contributed by atoms with Crippen LogP contribution < -0.4 is 10.7 Å². The van der Waals surface area contributed by atoms with Crippen molar-refractivity contribution in [2.75, 3.05) is 0 Å². The summed E-state index contributed by atoms with van der Waals surface area (Å²) in [6.07, 6.45) is 3.65. The molecule has 0 bridgehead atoms. The van der Waals surface area contributed by atoms with E-state index in [1.807, 2.05) is 5.38 Å². The number of thiophene rings is 1. The standard InChI is InChI=1S/C21H23N5O3S3/c1-3-5-10-25-17-7-6-14(32(22,28)29)12-16(17)23-18(25)13-31-21-24-19-15(8-11-30-19)20(27)26(21)9-4-2/h4,6-8,11-12H,2-3,5,9-10,13H2,1H3,(H2,22,28,29). The number of nitrogens with two attached hydrogens (primary N) is 1. The summed E-state index contributed by atoms with van der Waals surface area (Å²) in [7, 11) is -3.81. The second-order valence-electron chi connectivity index (χ2n) is 7.26. The Morgan fingerprint density at radius 1 is 1.25 bits per heavy atom. The van der Waals surface area contributed by atoms with E-state index in [1.54, 1.807) is 22.8 Å². The highest BCUT2D eigenvalue weighted by Crippen LogP contribution is 2.27. The molecule has 0 radical (unpaired) electrons. The minimum atomic E-state index is -3.81. The molecule has 0 aliphatic heterocycles. The molecule has 4 aromatic rings. The maximum absolute atomic E-state index is 12.9. The van der Waals surface area contributed by atoms with Gasteiger partial charge in [0.25, 0.3) is 5.56 Å². The fourth-order valence-electron chi connectivity index (χ4n) is 3.47. The first-order chi connectivity index (χ1) is 15.3. The highest BCUT2D eigenvalue weighted by Gasteiger charge is 2.17. The van der Waals surface area contributed by atoms with E-state index in [4.69, 9.17) is 10.1 Å². The average Bonchev–Trinajstić information content (AvgIpc) is 3.36. The van der Waals surface area contributed by atoms with Crippen LogP contribution in [0.1, 0.15) is 25.6 Å². The van der Waals surface area contributed by atoms with Crippen molar-refractivity contribution in [2.24, 2.45) is 5.14 Å². The van der Waals surface area contributed by atoms with Crippen molar-refractivity contribution in [2.45, 2.75) is 48.7 Å². The van der Waals surface area contributed by atoms with E-state index in [9.17, 15) is 13.2 Å². The van der Waals surface area contributed by atoms with E-state index >= 15 is 0 Å². The first kappa shape index (κ1) is 22.7. The number of allylic oxidation sites excluding steroid dienone is 1. The number of fused-ring (bicyclic) bond motifs is 2. The summed E-state index contributed by atoms with van der Waals surface area (Å²) in [5.74, 6) is 1.26. The Hall–Kier alpha value is -2.47. The number of unbranched alkanes of at least 4 members (excludes halogenated alkanes) is 1. The average molecular weight is 490 g/mol. The van der Waals surface area contributed by atoms with Crippen molar-refractivity contribution in [1.29, 1.82) is 0 Å². The topological polar surface area (TPSA) is 113 Å². The third-order valence-electron chi connectivity index (χ3n) is 5.05. The van der Waals surface area contributed by atoms with E-state index in [1.165, 1.54) is 35.2 Å². The van der Waals surface area contributed by atoms with Crippen molar-refractivity contribution in [3.8, 4) is 0 Å². The molecule has 0 unspecified atom stereocenters. The molecule has 0 atom stereocenters. The van der Waals surface area contributed by atoms with Crippen molar-refractivity contribution >= 4 is 54.4 Å². The van der Waals surface area contributed by atoms with Crippen LogP contribution in [0, 0.1) is 0 Å². The second kappa shape index (κ2) is 9.18. The Bertz CT molecular complexity index is 1470. The normalized spacial score (nSPS) is 12.1. The van der Waals surface area contributed by atoms with Crippen LogP contribution in [0.3, 0.4) is 0 Å². The zero-order valence-corrected chi connectivity index (χ0v) is 20.0. The van der Waals surface area contributed by atoms with Gasteiger partial charge < -0.3 is 4.57 Å². The number of thioether (sulfide) groups is 1. The lowest BCUT2D eigenvalue weighted by atomic mass is 10.3. The van der Waals surface area contributed by atoms with Gasteiger partial charge in [0.1, 0.15) is 10.7 Å². The minimum Gasteiger partial charge on any atom is -0.327 e. The van der Waals surface area contributed by atoms with Crippen LogP contribution in [0.4, 0.5) is 0 Å². The zero-order chi connectivity index (χ0) is 22.9. The van der Waals surface area contributed by atoms with E-state index in [2.05, 4.69) is 23.1 Å². The Morgan fingerprint density at radius 3 is 2.78 bits per heavy atom. The van der Waals surface area contributed by atoms with Crippen molar-refractivity contribution in [3.63, 3.8) is 0 Å². The number of hydrogen-bond acceptors (Lipinski definition) is 7. The fraction of sp³-hybridized carbons (Fsp3) is 0.286. The van der Waals surface area contributed by atoms with Crippen LogP contribution in [-0.2, 0) is 28.9 Å². The number of rotatable bonds is 9. The minimum absolute atomic E-state index is 0.0361. The Labute approximate surface area is 193 Å². The number of imidazole rings is 1. The number of aryl methyl sites for hydroxylation is 1. The van der Waals surface area contributed by atoms with Gasteiger partial charge in [0.05, 0.1) is 27.1 Å². The summed E-state index contributed by atoms with van der Waals surface area (Å²) in [4.78, 5) is 23.0. The number of sulfonamides is 1. The lowest BCUT2D eigenvalue weighted by Gasteiger charge is -2.11. The molecular formula is C21H23N5O3S3. The van der Waals surface area contributed by atoms with Crippen molar-refractivity contribution in [1.82, 2.24) is 19.1 Å². The van der Waals surface area contributed by atoms with Crippen LogP contribution in [-0.4, -0.2) is 27.5 Å². The van der Waals surface area contributed by atoms with Crippen LogP contribution in [0.25, 0.3) is 21.3 Å². The van der Waals surface area contributed by atoms with Gasteiger partial charge in [0.2, 0.25) is 10.0 Å². The summed E-state index contributed by atoms with van der Waals surface area (Å²) >= 11 is 2.86. The number of primary sulfonamides is 1. The second-order valence-corrected chi connectivity index (χ2v) is 10.7. The highest BCUT2D eigenvalue weighted by atomic mass is 32.2. The van der Waals surface area contributed by atoms with Crippen molar-refractivity contribution < 1.29 is 8.42 Å². The Balaban J connectivity index is 1.74. The van der Waals surface area contributed by atoms with Gasteiger partial charge in [-0.3, -0.25) is 9.36 Å². The highest BCUT2D eigenvalue weighted by molar-refractivity contribution is 7.98. The molecule has 0 spiro atoms. The third kappa shape index (κ3) is 4.38. The maximum atomic E-state index is 12.9. The molecule has 0 fully saturated rings. The van der Waals surface area contributed by atoms with Crippen molar-refractivity contribution in [3.05, 3.63) is 58.5 Å². The zero-order valence-electron chi connectivity index (χ0n) is 17.5. The first-order valence-corrected chi connectivity index (χ1v) is 13.5. The smallest absolute Gasteiger partial charge is 0.263 e. The molecule has 3 heterocycles. The fourth-order valence-corrected chi connectivity index (χ4v) is 5.77. The van der Waals surface area contributed by atoms with Crippen LogP contribution in [0.2, 0.25) is 0 Å². The summed E-state index contributed by atoms with van der Waals surface area (Å²) in [6, 6.07) is 6.55. The van der Waals surface area contributed by atoms with Gasteiger partial charge >= 0.3 is 0 Å². The largest absolute Gasteiger partial charge is 0.327 e. The molecule has 0 amide bonds. The number of benzene rings is 1. The van der Waals surface area contributed by atoms with Gasteiger partial charge in [-0.1, -0.05) is 31.2 Å². The Morgan fingerprint density at radius 2 is 2.06 bits per heavy atom. The summed E-state index contributed by atoms with van der Waals surface area (Å²) in [5.41, 5.74) is 1.34. The quantitative estimate of drug-likeness (QED) is 0.218. The number of hydrogen-bond donors (Lipinski definition) is 1. The summed E-state index contributed by atoms with van der Waals surface area (Å²) in [5, 5.41) is 8.35. The molecule has 0 aliphatic carbocycles. The molecule has 2 N–H and O–H groups in total. The lowest BCUT2D eigenvalue weighted by molar-refractivity contribution is 0.598. The molecule has 3 aromatic heterocycles. The molecule has 0 aliphatic rings. The number of nitrogens with zero attached hydrogens (tertiary/aromatic N) is 4. The maximum Gasteiger partial charge on any atom is 0.263 e. The molecule has 4 rings (SSSR count). The molecule has 8 nitrogen and oxygen atoms in total. The van der Waals surface area contributed by atoms with Gasteiger partial charge in [-0.2, -0.15) is 0 Å². The summed E-state index contributed by atoms with van der Waals surface area (Å²) < 4.78 is 27.2. The van der Waals surface area contributed by atoms with E-state index < -0.39 is 10.0 Å². The predicted molar refractivity (Wildman–Crippen MR) is 130 cm³/mol. The van der Waals surface area contributed by atoms with Gasteiger partial charge in [0, 0.05) is 13.1 Å². The lowest BCUT2D eigenvalue weighted by Crippen LogP contribution is -2.22. The number of aromatic nitrogens is 4. The molecule has 11 heteroatoms. The van der Waals surface area contributed by atoms with E-state index in [0.717, 1.165) is 30.7 Å². The van der Waals surface area contributed by atoms with Gasteiger partial charge in [-0.05, 0) is 36.1 Å². The van der Waals surface area contributed by atoms with Crippen LogP contribution >= 0.6 is 23.1 Å². The monoisotopic (exact) mass is 489 g/mol. The van der Waals surface area contributed by atoms with E-state index in [0.29, 0.717) is 33.2 Å². The van der Waals surface area contributed by atoms with Crippen LogP contribution in [0.15, 0.2) is 57.1 Å². The van der Waals surface area contributed by atoms with Gasteiger partial charge in [-0.15, -0.1) is 17.9 Å².